The molecule has 0 saturated heterocycles. The normalized spacial score (nSPS) is 12.5. The largest absolute Gasteiger partial charge is 0.387 e. The van der Waals surface area contributed by atoms with Gasteiger partial charge in [0.1, 0.15) is 0 Å². The Morgan fingerprint density at radius 1 is 1.38 bits per heavy atom. The number of amides is 1. The highest BCUT2D eigenvalue weighted by molar-refractivity contribution is 7.07. The van der Waals surface area contributed by atoms with Crippen LogP contribution < -0.4 is 5.32 Å². The Morgan fingerprint density at radius 3 is 2.90 bits per heavy atom. The molecule has 0 aliphatic rings. The summed E-state index contributed by atoms with van der Waals surface area (Å²) in [6.45, 7) is 0.156. The van der Waals surface area contributed by atoms with E-state index in [-0.39, 0.29) is 12.5 Å². The number of carbonyl (C=O) groups is 1. The van der Waals surface area contributed by atoms with E-state index < -0.39 is 6.10 Å². The molecule has 0 aliphatic carbocycles. The van der Waals surface area contributed by atoms with Gasteiger partial charge in [-0.1, -0.05) is 35.3 Å². The van der Waals surface area contributed by atoms with Gasteiger partial charge in [-0.2, -0.15) is 11.3 Å². The lowest BCUT2D eigenvalue weighted by atomic mass is 10.2. The van der Waals surface area contributed by atoms with Crippen LogP contribution in [0.1, 0.15) is 17.2 Å². The van der Waals surface area contributed by atoms with Gasteiger partial charge < -0.3 is 10.4 Å². The topological polar surface area (TPSA) is 49.3 Å². The molecule has 0 saturated carbocycles. The second-order valence-electron chi connectivity index (χ2n) is 4.29. The number of hydrogen-bond donors (Lipinski definition) is 2. The predicted octanol–water partition coefficient (Wildman–Crippen LogP) is 3.92. The van der Waals surface area contributed by atoms with E-state index in [1.165, 1.54) is 17.4 Å². The first-order valence-corrected chi connectivity index (χ1v) is 7.88. The van der Waals surface area contributed by atoms with Gasteiger partial charge in [0.05, 0.1) is 16.1 Å². The number of benzene rings is 1. The zero-order valence-electron chi connectivity index (χ0n) is 10.9. The molecule has 2 N–H and O–H groups in total. The molecule has 3 nitrogen and oxygen atoms in total. The number of aliphatic hydroxyl groups excluding tert-OH is 1. The van der Waals surface area contributed by atoms with E-state index in [1.807, 2.05) is 16.8 Å². The third kappa shape index (κ3) is 4.58. The van der Waals surface area contributed by atoms with Crippen molar-refractivity contribution in [2.45, 2.75) is 6.10 Å². The van der Waals surface area contributed by atoms with E-state index in [2.05, 4.69) is 5.32 Å². The van der Waals surface area contributed by atoms with E-state index in [0.717, 1.165) is 5.56 Å². The molecule has 2 aromatic rings. The quantitative estimate of drug-likeness (QED) is 0.809. The van der Waals surface area contributed by atoms with Gasteiger partial charge in [0.15, 0.2) is 0 Å². The van der Waals surface area contributed by atoms with Crippen LogP contribution in [0.15, 0.2) is 41.1 Å². The van der Waals surface area contributed by atoms with Crippen LogP contribution in [0.3, 0.4) is 0 Å². The molecule has 0 aliphatic heterocycles. The van der Waals surface area contributed by atoms with Crippen molar-refractivity contribution < 1.29 is 9.90 Å². The van der Waals surface area contributed by atoms with Gasteiger partial charge in [-0.05, 0) is 40.1 Å². The Balaban J connectivity index is 1.90. The van der Waals surface area contributed by atoms with E-state index in [0.29, 0.717) is 15.6 Å². The zero-order chi connectivity index (χ0) is 15.2. The number of nitrogens with one attached hydrogen (secondary N) is 1. The van der Waals surface area contributed by atoms with Crippen LogP contribution in [-0.2, 0) is 4.79 Å². The molecular formula is C15H13Cl2NO2S. The van der Waals surface area contributed by atoms with Crippen LogP contribution in [0.5, 0.6) is 0 Å². The monoisotopic (exact) mass is 341 g/mol. The fourth-order valence-electron chi connectivity index (χ4n) is 1.65. The summed E-state index contributed by atoms with van der Waals surface area (Å²) in [6, 6.07) is 7.02. The lowest BCUT2D eigenvalue weighted by Gasteiger charge is -2.09. The minimum atomic E-state index is -0.705. The molecule has 6 heteroatoms. The molecule has 110 valence electrons. The fourth-order valence-corrected chi connectivity index (χ4v) is 2.73. The summed E-state index contributed by atoms with van der Waals surface area (Å²) in [6.07, 6.45) is 2.24. The van der Waals surface area contributed by atoms with Gasteiger partial charge in [-0.15, -0.1) is 0 Å². The maximum atomic E-state index is 11.7. The summed E-state index contributed by atoms with van der Waals surface area (Å²) in [5, 5.41) is 17.0. The van der Waals surface area contributed by atoms with Gasteiger partial charge in [-0.25, -0.2) is 0 Å². The molecular weight excluding hydrogens is 329 g/mol. The lowest BCUT2D eigenvalue weighted by molar-refractivity contribution is -0.116. The van der Waals surface area contributed by atoms with Crippen LogP contribution in [0, 0.1) is 0 Å². The summed E-state index contributed by atoms with van der Waals surface area (Å²) >= 11 is 13.4. The molecule has 0 fully saturated rings. The first-order chi connectivity index (χ1) is 10.1. The van der Waals surface area contributed by atoms with E-state index in [4.69, 9.17) is 23.2 Å². The van der Waals surface area contributed by atoms with Crippen LogP contribution in [-0.4, -0.2) is 17.6 Å². The number of hydrogen-bond acceptors (Lipinski definition) is 3. The first-order valence-electron chi connectivity index (χ1n) is 6.18. The van der Waals surface area contributed by atoms with Crippen LogP contribution in [0.25, 0.3) is 6.08 Å². The number of aliphatic hydroxyl groups is 1. The Kier molecular flexibility index (Phi) is 5.82. The van der Waals surface area contributed by atoms with Crippen molar-refractivity contribution >= 4 is 46.5 Å². The third-order valence-corrected chi connectivity index (χ3v) is 4.33. The minimum Gasteiger partial charge on any atom is -0.387 e. The summed E-state index contributed by atoms with van der Waals surface area (Å²) < 4.78 is 0. The third-order valence-electron chi connectivity index (χ3n) is 2.79. The SMILES string of the molecule is O=C(/C=C/c1cccc(Cl)c1Cl)NCC(O)c1ccsc1. The molecule has 2 rings (SSSR count). The maximum absolute atomic E-state index is 11.7. The number of halogens is 2. The standard InChI is InChI=1S/C15H13Cl2NO2S/c16-12-3-1-2-10(15(12)17)4-5-14(20)18-8-13(19)11-6-7-21-9-11/h1-7,9,13,19H,8H2,(H,18,20)/b5-4+. The van der Waals surface area contributed by atoms with Crippen molar-refractivity contribution in [1.29, 1.82) is 0 Å². The summed E-state index contributed by atoms with van der Waals surface area (Å²) in [7, 11) is 0. The number of rotatable bonds is 5. The Labute approximate surface area is 136 Å². The second kappa shape index (κ2) is 7.61. The molecule has 1 unspecified atom stereocenters. The van der Waals surface area contributed by atoms with Gasteiger partial charge in [-0.3, -0.25) is 4.79 Å². The van der Waals surface area contributed by atoms with Crippen LogP contribution >= 0.6 is 34.5 Å². The van der Waals surface area contributed by atoms with Crippen molar-refractivity contribution in [1.82, 2.24) is 5.32 Å². The summed E-state index contributed by atoms with van der Waals surface area (Å²) in [5.41, 5.74) is 1.46. The molecule has 0 bridgehead atoms. The van der Waals surface area contributed by atoms with Crippen molar-refractivity contribution in [2.24, 2.45) is 0 Å². The molecule has 0 spiro atoms. The fraction of sp³-hybridized carbons (Fsp3) is 0.133. The van der Waals surface area contributed by atoms with E-state index in [9.17, 15) is 9.90 Å². The first kappa shape index (κ1) is 16.0. The van der Waals surface area contributed by atoms with Crippen molar-refractivity contribution in [3.05, 3.63) is 62.3 Å². The molecule has 1 heterocycles. The Morgan fingerprint density at radius 2 is 2.19 bits per heavy atom. The highest BCUT2D eigenvalue weighted by Gasteiger charge is 2.08. The molecule has 1 atom stereocenters. The smallest absolute Gasteiger partial charge is 0.244 e. The zero-order valence-corrected chi connectivity index (χ0v) is 13.3. The summed E-state index contributed by atoms with van der Waals surface area (Å²) in [5.74, 6) is -0.305. The maximum Gasteiger partial charge on any atom is 0.244 e. The lowest BCUT2D eigenvalue weighted by Crippen LogP contribution is -2.26. The summed E-state index contributed by atoms with van der Waals surface area (Å²) in [4.78, 5) is 11.7. The Bertz CT molecular complexity index is 641. The Hall–Kier alpha value is -1.33. The average Bonchev–Trinajstić information content (AvgIpc) is 3.00. The highest BCUT2D eigenvalue weighted by Crippen LogP contribution is 2.26. The van der Waals surface area contributed by atoms with Crippen molar-refractivity contribution in [2.75, 3.05) is 6.54 Å². The number of carbonyl (C=O) groups excluding carboxylic acids is 1. The minimum absolute atomic E-state index is 0.156. The number of thiophene rings is 1. The van der Waals surface area contributed by atoms with E-state index in [1.54, 1.807) is 24.3 Å². The molecule has 0 radical (unpaired) electrons. The van der Waals surface area contributed by atoms with E-state index >= 15 is 0 Å². The predicted molar refractivity (Wildman–Crippen MR) is 87.8 cm³/mol. The van der Waals surface area contributed by atoms with Gasteiger partial charge >= 0.3 is 0 Å². The molecule has 1 amide bonds. The van der Waals surface area contributed by atoms with Gasteiger partial charge in [0.2, 0.25) is 5.91 Å². The molecule has 1 aromatic carbocycles. The van der Waals surface area contributed by atoms with Gasteiger partial charge in [0, 0.05) is 12.6 Å². The molecule has 1 aromatic heterocycles. The van der Waals surface area contributed by atoms with Crippen molar-refractivity contribution in [3.8, 4) is 0 Å². The second-order valence-corrected chi connectivity index (χ2v) is 5.86. The molecule has 21 heavy (non-hydrogen) atoms. The van der Waals surface area contributed by atoms with Gasteiger partial charge in [0.25, 0.3) is 0 Å². The average molecular weight is 342 g/mol. The van der Waals surface area contributed by atoms with Crippen LogP contribution in [0.4, 0.5) is 0 Å². The van der Waals surface area contributed by atoms with Crippen molar-refractivity contribution in [3.63, 3.8) is 0 Å². The highest BCUT2D eigenvalue weighted by atomic mass is 35.5. The van der Waals surface area contributed by atoms with Crippen LogP contribution in [0.2, 0.25) is 10.0 Å².